The lowest BCUT2D eigenvalue weighted by atomic mass is 10.0. The first-order valence-corrected chi connectivity index (χ1v) is 6.42. The highest BCUT2D eigenvalue weighted by Crippen LogP contribution is 2.21. The van der Waals surface area contributed by atoms with E-state index < -0.39 is 5.97 Å². The van der Waals surface area contributed by atoms with Gasteiger partial charge in [-0.15, -0.1) is 0 Å². The molecule has 3 heteroatoms. The molecule has 0 bridgehead atoms. The zero-order valence-electron chi connectivity index (χ0n) is 11.2. The molecule has 0 aliphatic rings. The van der Waals surface area contributed by atoms with Crippen LogP contribution in [0.4, 0.5) is 0 Å². The molecule has 1 aromatic carbocycles. The molecule has 0 atom stereocenters. The van der Waals surface area contributed by atoms with Gasteiger partial charge in [-0.1, -0.05) is 37.1 Å². The molecule has 0 fully saturated rings. The molecule has 0 spiro atoms. The molecule has 3 nitrogen and oxygen atoms in total. The number of pyridine rings is 1. The average Bonchev–Trinajstić information content (AvgIpc) is 2.39. The van der Waals surface area contributed by atoms with Crippen molar-refractivity contribution in [3.63, 3.8) is 0 Å². The van der Waals surface area contributed by atoms with Gasteiger partial charge in [0.05, 0.1) is 17.0 Å². The molecule has 0 unspecified atom stereocenters. The number of rotatable bonds is 4. The molecule has 1 heterocycles. The van der Waals surface area contributed by atoms with Gasteiger partial charge in [-0.3, -0.25) is 4.98 Å². The Bertz CT molecular complexity index is 605. The van der Waals surface area contributed by atoms with Crippen molar-refractivity contribution in [2.24, 2.45) is 0 Å². The molecule has 0 radical (unpaired) electrons. The van der Waals surface area contributed by atoms with Crippen molar-refractivity contribution in [1.82, 2.24) is 4.98 Å². The minimum absolute atomic E-state index is 0.304. The van der Waals surface area contributed by atoms with Crippen LogP contribution in [0.3, 0.4) is 0 Å². The van der Waals surface area contributed by atoms with Crippen LogP contribution in [-0.4, -0.2) is 16.1 Å². The minimum Gasteiger partial charge on any atom is -0.478 e. The van der Waals surface area contributed by atoms with E-state index >= 15 is 0 Å². The number of carboxylic acids is 1. The second-order valence-corrected chi connectivity index (χ2v) is 4.62. The standard InChI is InChI=1S/C16H17NO2/c1-3-5-15-13(16(18)19)8-9-14(17-15)12-7-4-6-11(2)10-12/h4,6-10H,3,5H2,1-2H3,(H,18,19). The van der Waals surface area contributed by atoms with Crippen molar-refractivity contribution in [3.8, 4) is 11.3 Å². The molecule has 98 valence electrons. The predicted molar refractivity (Wildman–Crippen MR) is 75.4 cm³/mol. The molecule has 0 saturated carbocycles. The van der Waals surface area contributed by atoms with Crippen molar-refractivity contribution >= 4 is 5.97 Å². The Balaban J connectivity index is 2.48. The first kappa shape index (κ1) is 13.3. The Morgan fingerprint density at radius 1 is 1.26 bits per heavy atom. The van der Waals surface area contributed by atoms with Gasteiger partial charge >= 0.3 is 5.97 Å². The highest BCUT2D eigenvalue weighted by molar-refractivity contribution is 5.89. The second-order valence-electron chi connectivity index (χ2n) is 4.62. The van der Waals surface area contributed by atoms with Gasteiger partial charge in [0.25, 0.3) is 0 Å². The van der Waals surface area contributed by atoms with E-state index in [1.54, 1.807) is 12.1 Å². The van der Waals surface area contributed by atoms with Gasteiger partial charge in [-0.05, 0) is 31.5 Å². The lowest BCUT2D eigenvalue weighted by Crippen LogP contribution is -2.05. The van der Waals surface area contributed by atoms with Gasteiger partial charge in [0, 0.05) is 5.56 Å². The summed E-state index contributed by atoms with van der Waals surface area (Å²) in [7, 11) is 0. The molecule has 2 rings (SSSR count). The fourth-order valence-corrected chi connectivity index (χ4v) is 2.09. The third kappa shape index (κ3) is 2.99. The fraction of sp³-hybridized carbons (Fsp3) is 0.250. The number of carboxylic acid groups (broad SMARTS) is 1. The number of aromatic carboxylic acids is 1. The predicted octanol–water partition coefficient (Wildman–Crippen LogP) is 3.71. The Morgan fingerprint density at radius 3 is 2.68 bits per heavy atom. The Hall–Kier alpha value is -2.16. The van der Waals surface area contributed by atoms with E-state index in [4.69, 9.17) is 5.11 Å². The molecule has 0 aliphatic heterocycles. The smallest absolute Gasteiger partial charge is 0.337 e. The normalized spacial score (nSPS) is 10.4. The molecule has 2 aromatic rings. The first-order valence-electron chi connectivity index (χ1n) is 6.42. The second kappa shape index (κ2) is 5.65. The number of carbonyl (C=O) groups is 1. The van der Waals surface area contributed by atoms with Crippen molar-refractivity contribution < 1.29 is 9.90 Å². The van der Waals surface area contributed by atoms with Crippen molar-refractivity contribution in [2.75, 3.05) is 0 Å². The molecule has 0 amide bonds. The van der Waals surface area contributed by atoms with E-state index in [0.717, 1.165) is 17.7 Å². The van der Waals surface area contributed by atoms with Crippen LogP contribution in [0, 0.1) is 6.92 Å². The summed E-state index contributed by atoms with van der Waals surface area (Å²) in [5.74, 6) is -0.910. The largest absolute Gasteiger partial charge is 0.478 e. The molecule has 0 aliphatic carbocycles. The lowest BCUT2D eigenvalue weighted by molar-refractivity contribution is 0.0695. The van der Waals surface area contributed by atoms with Gasteiger partial charge < -0.3 is 5.11 Å². The van der Waals surface area contributed by atoms with Crippen LogP contribution >= 0.6 is 0 Å². The number of nitrogens with zero attached hydrogens (tertiary/aromatic N) is 1. The fourth-order valence-electron chi connectivity index (χ4n) is 2.09. The SMILES string of the molecule is CCCc1nc(-c2cccc(C)c2)ccc1C(=O)O. The van der Waals surface area contributed by atoms with Crippen molar-refractivity contribution in [2.45, 2.75) is 26.7 Å². The van der Waals surface area contributed by atoms with Crippen LogP contribution in [0.25, 0.3) is 11.3 Å². The summed E-state index contributed by atoms with van der Waals surface area (Å²) in [5, 5.41) is 9.16. The van der Waals surface area contributed by atoms with E-state index in [0.29, 0.717) is 17.7 Å². The summed E-state index contributed by atoms with van der Waals surface area (Å²) in [6.45, 7) is 4.05. The number of aryl methyl sites for hydroxylation is 2. The van der Waals surface area contributed by atoms with Gasteiger partial charge in [0.1, 0.15) is 0 Å². The van der Waals surface area contributed by atoms with Gasteiger partial charge in [-0.2, -0.15) is 0 Å². The summed E-state index contributed by atoms with van der Waals surface area (Å²) in [5.41, 5.74) is 3.98. The summed E-state index contributed by atoms with van der Waals surface area (Å²) in [4.78, 5) is 15.7. The molecule has 19 heavy (non-hydrogen) atoms. The van der Waals surface area contributed by atoms with E-state index in [1.807, 2.05) is 32.0 Å². The highest BCUT2D eigenvalue weighted by Gasteiger charge is 2.12. The molecule has 1 N–H and O–H groups in total. The van der Waals surface area contributed by atoms with Crippen LogP contribution in [0.15, 0.2) is 36.4 Å². The van der Waals surface area contributed by atoms with Crippen LogP contribution < -0.4 is 0 Å². The highest BCUT2D eigenvalue weighted by atomic mass is 16.4. The lowest BCUT2D eigenvalue weighted by Gasteiger charge is -2.08. The average molecular weight is 255 g/mol. The van der Waals surface area contributed by atoms with Gasteiger partial charge in [-0.25, -0.2) is 4.79 Å². The maximum absolute atomic E-state index is 11.2. The van der Waals surface area contributed by atoms with Gasteiger partial charge in [0.15, 0.2) is 0 Å². The number of hydrogen-bond acceptors (Lipinski definition) is 2. The zero-order valence-corrected chi connectivity index (χ0v) is 11.2. The number of benzene rings is 1. The maximum Gasteiger partial charge on any atom is 0.337 e. The van der Waals surface area contributed by atoms with Crippen LogP contribution in [0.2, 0.25) is 0 Å². The van der Waals surface area contributed by atoms with E-state index in [-0.39, 0.29) is 0 Å². The number of aromatic nitrogens is 1. The summed E-state index contributed by atoms with van der Waals surface area (Å²) in [6.07, 6.45) is 1.56. The third-order valence-electron chi connectivity index (χ3n) is 3.01. The maximum atomic E-state index is 11.2. The topological polar surface area (TPSA) is 50.2 Å². The summed E-state index contributed by atoms with van der Waals surface area (Å²) >= 11 is 0. The molecular formula is C16H17NO2. The molecule has 1 aromatic heterocycles. The first-order chi connectivity index (χ1) is 9.11. The van der Waals surface area contributed by atoms with E-state index in [2.05, 4.69) is 11.1 Å². The Morgan fingerprint density at radius 2 is 2.05 bits per heavy atom. The number of hydrogen-bond donors (Lipinski definition) is 1. The van der Waals surface area contributed by atoms with Crippen molar-refractivity contribution in [3.05, 3.63) is 53.2 Å². The molecular weight excluding hydrogens is 238 g/mol. The third-order valence-corrected chi connectivity index (χ3v) is 3.01. The van der Waals surface area contributed by atoms with Gasteiger partial charge in [0.2, 0.25) is 0 Å². The monoisotopic (exact) mass is 255 g/mol. The summed E-state index contributed by atoms with van der Waals surface area (Å²) < 4.78 is 0. The van der Waals surface area contributed by atoms with E-state index in [1.165, 1.54) is 5.56 Å². The van der Waals surface area contributed by atoms with Crippen LogP contribution in [0.1, 0.15) is 35.0 Å². The van der Waals surface area contributed by atoms with Crippen molar-refractivity contribution in [1.29, 1.82) is 0 Å². The molecule has 0 saturated heterocycles. The van der Waals surface area contributed by atoms with Crippen LogP contribution in [0.5, 0.6) is 0 Å². The Kier molecular flexibility index (Phi) is 3.95. The van der Waals surface area contributed by atoms with E-state index in [9.17, 15) is 4.79 Å². The summed E-state index contributed by atoms with van der Waals surface area (Å²) in [6, 6.07) is 11.5. The Labute approximate surface area is 112 Å². The quantitative estimate of drug-likeness (QED) is 0.906. The minimum atomic E-state index is -0.910. The zero-order chi connectivity index (χ0) is 13.8. The van der Waals surface area contributed by atoms with Crippen LogP contribution in [-0.2, 0) is 6.42 Å².